The van der Waals surface area contributed by atoms with Gasteiger partial charge in [0, 0.05) is 0 Å². The van der Waals surface area contributed by atoms with Crippen molar-refractivity contribution in [3.63, 3.8) is 0 Å². The molecule has 1 saturated carbocycles. The largest absolute Gasteiger partial charge is 0.0683 e. The summed E-state index contributed by atoms with van der Waals surface area (Å²) in [7, 11) is 0. The van der Waals surface area contributed by atoms with Crippen molar-refractivity contribution < 1.29 is 0 Å². The maximum Gasteiger partial charge on any atom is -0.0363 e. The Kier molecular flexibility index (Phi) is 5.61. The monoisotopic (exact) mass is 170 g/mol. The van der Waals surface area contributed by atoms with Crippen molar-refractivity contribution in [3.05, 3.63) is 0 Å². The standard InChI is InChI=1S/C10H20.C2H6/c1-7(2)10-6-8(3)5-9(10)4;1-2/h7-10H,5-6H2,1-4H3;1-2H3. The molecule has 3 unspecified atom stereocenters. The van der Waals surface area contributed by atoms with Crippen LogP contribution in [0.4, 0.5) is 0 Å². The molecule has 0 N–H and O–H groups in total. The first kappa shape index (κ1) is 12.0. The Balaban J connectivity index is 0.000000561. The summed E-state index contributed by atoms with van der Waals surface area (Å²) < 4.78 is 0. The van der Waals surface area contributed by atoms with E-state index in [4.69, 9.17) is 0 Å². The van der Waals surface area contributed by atoms with E-state index < -0.39 is 0 Å². The minimum absolute atomic E-state index is 0.903. The molecule has 0 amide bonds. The number of hydrogen-bond donors (Lipinski definition) is 0. The Morgan fingerprint density at radius 3 is 1.67 bits per heavy atom. The highest BCUT2D eigenvalue weighted by atomic mass is 14.4. The second-order valence-electron chi connectivity index (χ2n) is 4.46. The summed E-state index contributed by atoms with van der Waals surface area (Å²) in [6.07, 6.45) is 2.93. The Labute approximate surface area is 78.8 Å². The van der Waals surface area contributed by atoms with Crippen LogP contribution in [0, 0.1) is 23.7 Å². The average Bonchev–Trinajstić information content (AvgIpc) is 2.34. The molecule has 0 saturated heterocycles. The van der Waals surface area contributed by atoms with Gasteiger partial charge in [-0.15, -0.1) is 0 Å². The first-order valence-corrected chi connectivity index (χ1v) is 5.61. The Morgan fingerprint density at radius 2 is 1.50 bits per heavy atom. The van der Waals surface area contributed by atoms with Crippen LogP contribution >= 0.6 is 0 Å². The lowest BCUT2D eigenvalue weighted by Crippen LogP contribution is -2.10. The van der Waals surface area contributed by atoms with Gasteiger partial charge >= 0.3 is 0 Å². The van der Waals surface area contributed by atoms with E-state index in [2.05, 4.69) is 27.7 Å². The van der Waals surface area contributed by atoms with Gasteiger partial charge < -0.3 is 0 Å². The molecule has 12 heavy (non-hydrogen) atoms. The van der Waals surface area contributed by atoms with E-state index in [1.54, 1.807) is 0 Å². The topological polar surface area (TPSA) is 0 Å². The molecule has 1 fully saturated rings. The first-order valence-electron chi connectivity index (χ1n) is 5.61. The summed E-state index contributed by atoms with van der Waals surface area (Å²) in [5.41, 5.74) is 0. The van der Waals surface area contributed by atoms with E-state index in [-0.39, 0.29) is 0 Å². The molecule has 74 valence electrons. The normalized spacial score (nSPS) is 34.8. The number of hydrogen-bond acceptors (Lipinski definition) is 0. The van der Waals surface area contributed by atoms with Crippen molar-refractivity contribution in [2.24, 2.45) is 23.7 Å². The van der Waals surface area contributed by atoms with E-state index in [9.17, 15) is 0 Å². The van der Waals surface area contributed by atoms with Crippen LogP contribution in [0.15, 0.2) is 0 Å². The predicted octanol–water partition coefficient (Wildman–Crippen LogP) is 4.35. The fourth-order valence-corrected chi connectivity index (χ4v) is 2.53. The summed E-state index contributed by atoms with van der Waals surface area (Å²) in [5.74, 6) is 3.88. The van der Waals surface area contributed by atoms with Crippen LogP contribution in [0.1, 0.15) is 54.4 Å². The van der Waals surface area contributed by atoms with Gasteiger partial charge in [0.25, 0.3) is 0 Å². The van der Waals surface area contributed by atoms with Crippen LogP contribution in [0.2, 0.25) is 0 Å². The maximum atomic E-state index is 2.41. The maximum absolute atomic E-state index is 2.41. The third-order valence-corrected chi connectivity index (χ3v) is 3.04. The second-order valence-corrected chi connectivity index (χ2v) is 4.46. The minimum Gasteiger partial charge on any atom is -0.0683 e. The Hall–Kier alpha value is 0. The molecule has 3 atom stereocenters. The summed E-state index contributed by atoms with van der Waals surface area (Å²) in [6, 6.07) is 0. The van der Waals surface area contributed by atoms with E-state index in [0.29, 0.717) is 0 Å². The molecular weight excluding hydrogens is 144 g/mol. The van der Waals surface area contributed by atoms with Crippen molar-refractivity contribution >= 4 is 0 Å². The quantitative estimate of drug-likeness (QED) is 0.549. The molecule has 0 aromatic heterocycles. The molecule has 0 aliphatic heterocycles. The zero-order valence-electron chi connectivity index (χ0n) is 9.72. The van der Waals surface area contributed by atoms with Crippen LogP contribution in [-0.2, 0) is 0 Å². The molecule has 1 aliphatic carbocycles. The van der Waals surface area contributed by atoms with Crippen LogP contribution in [0.3, 0.4) is 0 Å². The fourth-order valence-electron chi connectivity index (χ4n) is 2.53. The van der Waals surface area contributed by atoms with Gasteiger partial charge in [0.05, 0.1) is 0 Å². The van der Waals surface area contributed by atoms with Crippen molar-refractivity contribution in [2.45, 2.75) is 54.4 Å². The lowest BCUT2D eigenvalue weighted by molar-refractivity contribution is 0.313. The predicted molar refractivity (Wildman–Crippen MR) is 57.2 cm³/mol. The summed E-state index contributed by atoms with van der Waals surface area (Å²) >= 11 is 0. The summed E-state index contributed by atoms with van der Waals surface area (Å²) in [6.45, 7) is 13.5. The molecule has 0 spiro atoms. The first-order chi connectivity index (χ1) is 5.61. The van der Waals surface area contributed by atoms with E-state index in [1.165, 1.54) is 12.8 Å². The third-order valence-electron chi connectivity index (χ3n) is 3.04. The Bertz CT molecular complexity index is 105. The van der Waals surface area contributed by atoms with Gasteiger partial charge in [-0.1, -0.05) is 41.5 Å². The van der Waals surface area contributed by atoms with Gasteiger partial charge in [0.2, 0.25) is 0 Å². The van der Waals surface area contributed by atoms with Gasteiger partial charge in [-0.2, -0.15) is 0 Å². The molecule has 0 heterocycles. The minimum atomic E-state index is 0.903. The lowest BCUT2D eigenvalue weighted by atomic mass is 9.87. The van der Waals surface area contributed by atoms with E-state index in [0.717, 1.165) is 23.7 Å². The fraction of sp³-hybridized carbons (Fsp3) is 1.00. The van der Waals surface area contributed by atoms with Crippen LogP contribution in [0.5, 0.6) is 0 Å². The SMILES string of the molecule is CC.CC1CC(C)C(C(C)C)C1. The highest BCUT2D eigenvalue weighted by Gasteiger charge is 2.30. The molecule has 0 bridgehead atoms. The van der Waals surface area contributed by atoms with Crippen LogP contribution in [-0.4, -0.2) is 0 Å². The van der Waals surface area contributed by atoms with Gasteiger partial charge in [-0.3, -0.25) is 0 Å². The molecule has 0 nitrogen and oxygen atoms in total. The molecular formula is C12H26. The summed E-state index contributed by atoms with van der Waals surface area (Å²) in [4.78, 5) is 0. The van der Waals surface area contributed by atoms with E-state index in [1.807, 2.05) is 13.8 Å². The number of rotatable bonds is 1. The highest BCUT2D eigenvalue weighted by molar-refractivity contribution is 4.80. The van der Waals surface area contributed by atoms with Gasteiger partial charge in [0.1, 0.15) is 0 Å². The molecule has 0 radical (unpaired) electrons. The zero-order chi connectivity index (χ0) is 9.72. The average molecular weight is 170 g/mol. The van der Waals surface area contributed by atoms with Crippen molar-refractivity contribution in [2.75, 3.05) is 0 Å². The van der Waals surface area contributed by atoms with Crippen molar-refractivity contribution in [1.29, 1.82) is 0 Å². The van der Waals surface area contributed by atoms with E-state index >= 15 is 0 Å². The highest BCUT2D eigenvalue weighted by Crippen LogP contribution is 2.39. The second kappa shape index (κ2) is 5.61. The van der Waals surface area contributed by atoms with Crippen LogP contribution in [0.25, 0.3) is 0 Å². The molecule has 0 aromatic rings. The van der Waals surface area contributed by atoms with Crippen LogP contribution < -0.4 is 0 Å². The molecule has 0 aromatic carbocycles. The Morgan fingerprint density at radius 1 is 1.00 bits per heavy atom. The lowest BCUT2D eigenvalue weighted by Gasteiger charge is -2.18. The van der Waals surface area contributed by atoms with Crippen molar-refractivity contribution in [3.8, 4) is 0 Å². The molecule has 1 aliphatic rings. The smallest absolute Gasteiger partial charge is 0.0363 e. The molecule has 1 rings (SSSR count). The van der Waals surface area contributed by atoms with Gasteiger partial charge in [-0.05, 0) is 36.5 Å². The van der Waals surface area contributed by atoms with Gasteiger partial charge in [0.15, 0.2) is 0 Å². The van der Waals surface area contributed by atoms with Crippen molar-refractivity contribution in [1.82, 2.24) is 0 Å². The zero-order valence-corrected chi connectivity index (χ0v) is 9.72. The molecule has 0 heteroatoms. The third kappa shape index (κ3) is 3.16. The summed E-state index contributed by atoms with van der Waals surface area (Å²) in [5, 5.41) is 0. The van der Waals surface area contributed by atoms with Gasteiger partial charge in [-0.25, -0.2) is 0 Å².